The van der Waals surface area contributed by atoms with Crippen molar-refractivity contribution in [3.05, 3.63) is 64.8 Å². The Kier molecular flexibility index (Phi) is 6.21. The van der Waals surface area contributed by atoms with Crippen molar-refractivity contribution in [2.24, 2.45) is 0 Å². The molecular weight excluding hydrogens is 420 g/mol. The van der Waals surface area contributed by atoms with E-state index >= 15 is 0 Å². The molecule has 0 N–H and O–H groups in total. The lowest BCUT2D eigenvalue weighted by atomic mass is 10.1. The van der Waals surface area contributed by atoms with Crippen molar-refractivity contribution in [1.82, 2.24) is 29.2 Å². The first-order valence-corrected chi connectivity index (χ1v) is 11.5. The Morgan fingerprint density at radius 3 is 2.52 bits per heavy atom. The van der Waals surface area contributed by atoms with Gasteiger partial charge in [-0.1, -0.05) is 24.4 Å². The van der Waals surface area contributed by atoms with Gasteiger partial charge in [0, 0.05) is 18.0 Å². The third-order valence-corrected chi connectivity index (χ3v) is 6.12. The van der Waals surface area contributed by atoms with E-state index in [0.29, 0.717) is 23.8 Å². The van der Waals surface area contributed by atoms with Crippen LogP contribution in [0.1, 0.15) is 43.8 Å². The van der Waals surface area contributed by atoms with Gasteiger partial charge in [-0.25, -0.2) is 4.52 Å². The standard InChI is InChI=1S/C24H28N6O3/c1-32-19-9-7-18(8-10-19)20-15-21-24(31)29(13-14-30(21)26-20)16-22-25-23(33-27-22)17-28-11-5-3-2-4-6-12-28/h7-10,13-15H,2-6,11-12,16-17H2,1H3. The molecule has 1 aliphatic rings. The van der Waals surface area contributed by atoms with E-state index in [0.717, 1.165) is 30.1 Å². The Morgan fingerprint density at radius 2 is 1.76 bits per heavy atom. The second kappa shape index (κ2) is 9.58. The zero-order chi connectivity index (χ0) is 22.6. The van der Waals surface area contributed by atoms with Crippen LogP contribution in [0.4, 0.5) is 0 Å². The van der Waals surface area contributed by atoms with Gasteiger partial charge in [-0.15, -0.1) is 0 Å². The summed E-state index contributed by atoms with van der Waals surface area (Å²) in [5, 5.41) is 8.64. The quantitative estimate of drug-likeness (QED) is 0.447. The minimum atomic E-state index is -0.153. The first-order chi connectivity index (χ1) is 16.2. The molecule has 0 radical (unpaired) electrons. The molecule has 1 saturated heterocycles. The van der Waals surface area contributed by atoms with Gasteiger partial charge in [0.1, 0.15) is 11.3 Å². The van der Waals surface area contributed by atoms with E-state index in [1.54, 1.807) is 34.7 Å². The van der Waals surface area contributed by atoms with E-state index in [1.807, 2.05) is 24.3 Å². The highest BCUT2D eigenvalue weighted by molar-refractivity contribution is 5.66. The third-order valence-electron chi connectivity index (χ3n) is 6.12. The molecule has 172 valence electrons. The molecule has 9 nitrogen and oxygen atoms in total. The van der Waals surface area contributed by atoms with Crippen molar-refractivity contribution in [2.45, 2.75) is 45.2 Å². The van der Waals surface area contributed by atoms with Crippen molar-refractivity contribution in [3.63, 3.8) is 0 Å². The second-order valence-electron chi connectivity index (χ2n) is 8.47. The predicted molar refractivity (Wildman–Crippen MR) is 123 cm³/mol. The van der Waals surface area contributed by atoms with Gasteiger partial charge in [-0.3, -0.25) is 9.69 Å². The largest absolute Gasteiger partial charge is 0.497 e. The predicted octanol–water partition coefficient (Wildman–Crippen LogP) is 3.37. The number of methoxy groups -OCH3 is 1. The minimum absolute atomic E-state index is 0.153. The Bertz CT molecular complexity index is 1270. The van der Waals surface area contributed by atoms with Crippen LogP contribution in [-0.2, 0) is 13.1 Å². The summed E-state index contributed by atoms with van der Waals surface area (Å²) in [6, 6.07) is 9.39. The van der Waals surface area contributed by atoms with Crippen LogP contribution in [-0.4, -0.2) is 49.4 Å². The van der Waals surface area contributed by atoms with Crippen LogP contribution in [0, 0.1) is 0 Å². The maximum Gasteiger partial charge on any atom is 0.277 e. The van der Waals surface area contributed by atoms with E-state index in [1.165, 1.54) is 32.1 Å². The lowest BCUT2D eigenvalue weighted by Crippen LogP contribution is -2.27. The molecule has 0 aliphatic carbocycles. The number of ether oxygens (including phenoxy) is 1. The van der Waals surface area contributed by atoms with Gasteiger partial charge in [0.05, 0.1) is 25.9 Å². The monoisotopic (exact) mass is 448 g/mol. The van der Waals surface area contributed by atoms with E-state index in [9.17, 15) is 4.79 Å². The lowest BCUT2D eigenvalue weighted by Gasteiger charge is -2.22. The Balaban J connectivity index is 1.32. The van der Waals surface area contributed by atoms with Gasteiger partial charge in [0.2, 0.25) is 5.89 Å². The van der Waals surface area contributed by atoms with Crippen LogP contribution in [0.5, 0.6) is 5.75 Å². The molecule has 4 heterocycles. The van der Waals surface area contributed by atoms with Crippen LogP contribution >= 0.6 is 0 Å². The maximum absolute atomic E-state index is 13.1. The molecule has 1 aromatic carbocycles. The molecule has 0 saturated carbocycles. The summed E-state index contributed by atoms with van der Waals surface area (Å²) < 4.78 is 13.9. The molecule has 0 amide bonds. The molecule has 5 rings (SSSR count). The van der Waals surface area contributed by atoms with E-state index in [2.05, 4.69) is 20.1 Å². The SMILES string of the molecule is COc1ccc(-c2cc3c(=O)n(Cc4noc(CN5CCCCCCC5)n4)ccn3n2)cc1. The normalized spacial score (nSPS) is 15.4. The third kappa shape index (κ3) is 4.83. The number of benzene rings is 1. The number of fused-ring (bicyclic) bond motifs is 1. The number of nitrogens with zero attached hydrogens (tertiary/aromatic N) is 6. The van der Waals surface area contributed by atoms with E-state index in [4.69, 9.17) is 9.26 Å². The Morgan fingerprint density at radius 1 is 1.00 bits per heavy atom. The summed E-state index contributed by atoms with van der Waals surface area (Å²) in [6.07, 6.45) is 9.79. The molecule has 33 heavy (non-hydrogen) atoms. The molecule has 1 aliphatic heterocycles. The van der Waals surface area contributed by atoms with Gasteiger partial charge in [-0.05, 0) is 56.3 Å². The zero-order valence-electron chi connectivity index (χ0n) is 18.8. The average molecular weight is 449 g/mol. The van der Waals surface area contributed by atoms with Gasteiger partial charge >= 0.3 is 0 Å². The lowest BCUT2D eigenvalue weighted by molar-refractivity contribution is 0.208. The van der Waals surface area contributed by atoms with Crippen LogP contribution in [0.2, 0.25) is 0 Å². The first kappa shape index (κ1) is 21.4. The molecule has 0 unspecified atom stereocenters. The molecule has 1 fully saturated rings. The highest BCUT2D eigenvalue weighted by Crippen LogP contribution is 2.21. The Hall–Kier alpha value is -3.46. The van der Waals surface area contributed by atoms with Crippen molar-refractivity contribution >= 4 is 5.52 Å². The molecule has 0 spiro atoms. The van der Waals surface area contributed by atoms with Crippen molar-refractivity contribution in [2.75, 3.05) is 20.2 Å². The molecule has 4 aromatic rings. The highest BCUT2D eigenvalue weighted by Gasteiger charge is 2.15. The van der Waals surface area contributed by atoms with Crippen LogP contribution < -0.4 is 10.3 Å². The highest BCUT2D eigenvalue weighted by atomic mass is 16.5. The summed E-state index contributed by atoms with van der Waals surface area (Å²) in [7, 11) is 1.63. The van der Waals surface area contributed by atoms with Crippen molar-refractivity contribution < 1.29 is 9.26 Å². The smallest absolute Gasteiger partial charge is 0.277 e. The fourth-order valence-corrected chi connectivity index (χ4v) is 4.29. The number of hydrogen-bond donors (Lipinski definition) is 0. The minimum Gasteiger partial charge on any atom is -0.497 e. The van der Waals surface area contributed by atoms with Crippen LogP contribution in [0.3, 0.4) is 0 Å². The van der Waals surface area contributed by atoms with Crippen molar-refractivity contribution in [1.29, 1.82) is 0 Å². The summed E-state index contributed by atoms with van der Waals surface area (Å²) in [5.74, 6) is 1.87. The topological polar surface area (TPSA) is 90.7 Å². The average Bonchev–Trinajstić information content (AvgIpc) is 3.45. The fraction of sp³-hybridized carbons (Fsp3) is 0.417. The summed E-state index contributed by atoms with van der Waals surface area (Å²) in [6.45, 7) is 3.04. The van der Waals surface area contributed by atoms with E-state index < -0.39 is 0 Å². The first-order valence-electron chi connectivity index (χ1n) is 11.5. The second-order valence-corrected chi connectivity index (χ2v) is 8.47. The van der Waals surface area contributed by atoms with Gasteiger partial charge in [-0.2, -0.15) is 10.1 Å². The molecular formula is C24H28N6O3. The number of likely N-dealkylation sites (tertiary alicyclic amines) is 1. The van der Waals surface area contributed by atoms with Crippen LogP contribution in [0.25, 0.3) is 16.8 Å². The van der Waals surface area contributed by atoms with Gasteiger partial charge in [0.15, 0.2) is 5.82 Å². The number of rotatable bonds is 6. The molecule has 0 atom stereocenters. The fourth-order valence-electron chi connectivity index (χ4n) is 4.29. The van der Waals surface area contributed by atoms with Gasteiger partial charge in [0.25, 0.3) is 5.56 Å². The summed E-state index contributed by atoms with van der Waals surface area (Å²) in [5.41, 5.74) is 1.98. The summed E-state index contributed by atoms with van der Waals surface area (Å²) >= 11 is 0. The molecule has 3 aromatic heterocycles. The number of aromatic nitrogens is 5. The van der Waals surface area contributed by atoms with Crippen LogP contribution in [0.15, 0.2) is 52.0 Å². The number of hydrogen-bond acceptors (Lipinski definition) is 7. The molecule has 9 heteroatoms. The maximum atomic E-state index is 13.1. The van der Waals surface area contributed by atoms with E-state index in [-0.39, 0.29) is 12.1 Å². The zero-order valence-corrected chi connectivity index (χ0v) is 18.8. The van der Waals surface area contributed by atoms with Gasteiger partial charge < -0.3 is 13.8 Å². The van der Waals surface area contributed by atoms with Crippen molar-refractivity contribution in [3.8, 4) is 17.0 Å². The summed E-state index contributed by atoms with van der Waals surface area (Å²) in [4.78, 5) is 20.0. The molecule has 0 bridgehead atoms. The Labute approximate surface area is 191 Å².